The lowest BCUT2D eigenvalue weighted by atomic mass is 9.96. The number of carbonyl (C=O) groups is 1. The summed E-state index contributed by atoms with van der Waals surface area (Å²) in [6.07, 6.45) is 2.46. The molecule has 136 valence electrons. The first-order chi connectivity index (χ1) is 12.5. The van der Waals surface area contributed by atoms with Crippen LogP contribution in [0.25, 0.3) is 11.0 Å². The number of piperidine rings is 1. The van der Waals surface area contributed by atoms with Gasteiger partial charge in [0.25, 0.3) is 5.91 Å². The SMILES string of the molecule is O=C(c1ccn(C(F)F)n1)N1CCC(c2nc3ccc(F)cc3[nH]2)CC1. The van der Waals surface area contributed by atoms with Crippen molar-refractivity contribution in [2.24, 2.45) is 0 Å². The van der Waals surface area contributed by atoms with E-state index in [0.29, 0.717) is 41.6 Å². The van der Waals surface area contributed by atoms with E-state index in [1.807, 2.05) is 0 Å². The highest BCUT2D eigenvalue weighted by Gasteiger charge is 2.27. The predicted molar refractivity (Wildman–Crippen MR) is 87.4 cm³/mol. The van der Waals surface area contributed by atoms with E-state index >= 15 is 0 Å². The molecule has 0 spiro atoms. The van der Waals surface area contributed by atoms with Gasteiger partial charge in [-0.1, -0.05) is 0 Å². The summed E-state index contributed by atoms with van der Waals surface area (Å²) in [6.45, 7) is -1.80. The number of fused-ring (bicyclic) bond motifs is 1. The minimum Gasteiger partial charge on any atom is -0.342 e. The zero-order valence-electron chi connectivity index (χ0n) is 13.7. The van der Waals surface area contributed by atoms with E-state index in [1.165, 1.54) is 18.2 Å². The van der Waals surface area contributed by atoms with Crippen molar-refractivity contribution < 1.29 is 18.0 Å². The molecule has 1 fully saturated rings. The molecular weight excluding hydrogens is 347 g/mol. The zero-order valence-corrected chi connectivity index (χ0v) is 13.7. The number of aromatic nitrogens is 4. The maximum absolute atomic E-state index is 13.3. The number of rotatable bonds is 3. The van der Waals surface area contributed by atoms with Crippen molar-refractivity contribution in [1.82, 2.24) is 24.6 Å². The summed E-state index contributed by atoms with van der Waals surface area (Å²) in [5.41, 5.74) is 1.37. The first-order valence-electron chi connectivity index (χ1n) is 8.29. The number of nitrogens with one attached hydrogen (secondary N) is 1. The van der Waals surface area contributed by atoms with Gasteiger partial charge < -0.3 is 9.88 Å². The Bertz CT molecular complexity index is 943. The van der Waals surface area contributed by atoms with Gasteiger partial charge in [-0.05, 0) is 37.1 Å². The first kappa shape index (κ1) is 16.6. The summed E-state index contributed by atoms with van der Waals surface area (Å²) in [5, 5.41) is 3.62. The molecule has 9 heteroatoms. The van der Waals surface area contributed by atoms with E-state index in [2.05, 4.69) is 15.1 Å². The quantitative estimate of drug-likeness (QED) is 0.776. The largest absolute Gasteiger partial charge is 0.342 e. The Kier molecular flexibility index (Phi) is 4.14. The van der Waals surface area contributed by atoms with Crippen molar-refractivity contribution in [3.05, 3.63) is 47.8 Å². The lowest BCUT2D eigenvalue weighted by Gasteiger charge is -2.30. The molecule has 0 atom stereocenters. The van der Waals surface area contributed by atoms with Gasteiger partial charge in [0.2, 0.25) is 0 Å². The van der Waals surface area contributed by atoms with Gasteiger partial charge in [-0.25, -0.2) is 14.1 Å². The number of benzene rings is 1. The van der Waals surface area contributed by atoms with Crippen molar-refractivity contribution in [2.75, 3.05) is 13.1 Å². The standard InChI is InChI=1S/C17H16F3N5O/c18-11-1-2-12-14(9-11)22-15(21-12)10-3-6-24(7-4-10)16(26)13-5-8-25(23-13)17(19)20/h1-2,5,8-10,17H,3-4,6-7H2,(H,21,22). The van der Waals surface area contributed by atoms with Crippen LogP contribution in [0.1, 0.15) is 41.6 Å². The normalized spacial score (nSPS) is 15.9. The molecule has 2 aromatic heterocycles. The molecule has 4 rings (SSSR count). The topological polar surface area (TPSA) is 66.8 Å². The molecule has 3 aromatic rings. The summed E-state index contributed by atoms with van der Waals surface area (Å²) >= 11 is 0. The first-order valence-corrected chi connectivity index (χ1v) is 8.29. The third-order valence-electron chi connectivity index (χ3n) is 4.66. The number of aromatic amines is 1. The summed E-state index contributed by atoms with van der Waals surface area (Å²) in [6, 6.07) is 5.70. The van der Waals surface area contributed by atoms with E-state index < -0.39 is 6.55 Å². The van der Waals surface area contributed by atoms with E-state index in [0.717, 1.165) is 12.0 Å². The van der Waals surface area contributed by atoms with Crippen LogP contribution in [0.15, 0.2) is 30.5 Å². The molecule has 1 aliphatic rings. The molecule has 1 aliphatic heterocycles. The number of imidazole rings is 1. The van der Waals surface area contributed by atoms with Gasteiger partial charge >= 0.3 is 6.55 Å². The van der Waals surface area contributed by atoms with Crippen LogP contribution in [-0.4, -0.2) is 43.6 Å². The van der Waals surface area contributed by atoms with Crippen molar-refractivity contribution in [1.29, 1.82) is 0 Å². The van der Waals surface area contributed by atoms with Gasteiger partial charge in [-0.2, -0.15) is 13.9 Å². The molecule has 26 heavy (non-hydrogen) atoms. The number of hydrogen-bond acceptors (Lipinski definition) is 3. The van der Waals surface area contributed by atoms with Crippen LogP contribution in [0.3, 0.4) is 0 Å². The highest BCUT2D eigenvalue weighted by molar-refractivity contribution is 5.92. The minimum atomic E-state index is -2.76. The number of carbonyl (C=O) groups excluding carboxylic acids is 1. The number of hydrogen-bond donors (Lipinski definition) is 1. The van der Waals surface area contributed by atoms with Crippen molar-refractivity contribution >= 4 is 16.9 Å². The zero-order chi connectivity index (χ0) is 18.3. The third kappa shape index (κ3) is 3.04. The molecule has 0 radical (unpaired) electrons. The molecule has 1 saturated heterocycles. The molecular formula is C17H16F3N5O. The molecule has 0 aliphatic carbocycles. The van der Waals surface area contributed by atoms with Crippen molar-refractivity contribution in [3.8, 4) is 0 Å². The maximum atomic E-state index is 13.3. The average molecular weight is 363 g/mol. The molecule has 0 saturated carbocycles. The van der Waals surface area contributed by atoms with Crippen molar-refractivity contribution in [3.63, 3.8) is 0 Å². The smallest absolute Gasteiger partial charge is 0.333 e. The van der Waals surface area contributed by atoms with E-state index in [4.69, 9.17) is 0 Å². The maximum Gasteiger partial charge on any atom is 0.333 e. The molecule has 3 heterocycles. The van der Waals surface area contributed by atoms with E-state index in [-0.39, 0.29) is 23.3 Å². The number of H-pyrrole nitrogens is 1. The fourth-order valence-electron chi connectivity index (χ4n) is 3.27. The number of halogens is 3. The van der Waals surface area contributed by atoms with Gasteiger partial charge in [-0.3, -0.25) is 4.79 Å². The van der Waals surface area contributed by atoms with Crippen LogP contribution < -0.4 is 0 Å². The lowest BCUT2D eigenvalue weighted by molar-refractivity contribution is 0.0547. The Hall–Kier alpha value is -2.84. The van der Waals surface area contributed by atoms with Crippen LogP contribution in [-0.2, 0) is 0 Å². The molecule has 1 aromatic carbocycles. The summed E-state index contributed by atoms with van der Waals surface area (Å²) in [7, 11) is 0. The third-order valence-corrected chi connectivity index (χ3v) is 4.66. The highest BCUT2D eigenvalue weighted by atomic mass is 19.3. The summed E-state index contributed by atoms with van der Waals surface area (Å²) in [5.74, 6) is 0.235. The average Bonchev–Trinajstić information content (AvgIpc) is 3.28. The molecule has 0 unspecified atom stereocenters. The Balaban J connectivity index is 1.43. The van der Waals surface area contributed by atoms with Crippen molar-refractivity contribution in [2.45, 2.75) is 25.3 Å². The monoisotopic (exact) mass is 363 g/mol. The molecule has 1 amide bonds. The minimum absolute atomic E-state index is 0.0166. The fraction of sp³-hybridized carbons (Fsp3) is 0.353. The summed E-state index contributed by atoms with van der Waals surface area (Å²) < 4.78 is 38.9. The van der Waals surface area contributed by atoms with Gasteiger partial charge in [-0.15, -0.1) is 0 Å². The molecule has 1 N–H and O–H groups in total. The van der Waals surface area contributed by atoms with Gasteiger partial charge in [0, 0.05) is 25.2 Å². The van der Waals surface area contributed by atoms with Crippen LogP contribution in [0.5, 0.6) is 0 Å². The van der Waals surface area contributed by atoms with Crippen LogP contribution >= 0.6 is 0 Å². The van der Waals surface area contributed by atoms with E-state index in [9.17, 15) is 18.0 Å². The Morgan fingerprint density at radius 1 is 1.23 bits per heavy atom. The highest BCUT2D eigenvalue weighted by Crippen LogP contribution is 2.28. The summed E-state index contributed by atoms with van der Waals surface area (Å²) in [4.78, 5) is 21.7. The number of nitrogens with zero attached hydrogens (tertiary/aromatic N) is 4. The lowest BCUT2D eigenvalue weighted by Crippen LogP contribution is -2.38. The number of likely N-dealkylation sites (tertiary alicyclic amines) is 1. The Labute approximate surface area is 146 Å². The number of amides is 1. The molecule has 0 bridgehead atoms. The Morgan fingerprint density at radius 2 is 2.00 bits per heavy atom. The molecule has 6 nitrogen and oxygen atoms in total. The van der Waals surface area contributed by atoms with Crippen LogP contribution in [0, 0.1) is 5.82 Å². The fourth-order valence-corrected chi connectivity index (χ4v) is 3.27. The van der Waals surface area contributed by atoms with Crippen LogP contribution in [0.2, 0.25) is 0 Å². The van der Waals surface area contributed by atoms with Gasteiger partial charge in [0.05, 0.1) is 11.0 Å². The Morgan fingerprint density at radius 3 is 2.69 bits per heavy atom. The van der Waals surface area contributed by atoms with Gasteiger partial charge in [0.1, 0.15) is 11.6 Å². The predicted octanol–water partition coefficient (Wildman–Crippen LogP) is 3.31. The second-order valence-corrected chi connectivity index (χ2v) is 6.31. The second kappa shape index (κ2) is 6.47. The number of alkyl halides is 2. The van der Waals surface area contributed by atoms with E-state index in [1.54, 1.807) is 11.0 Å². The van der Waals surface area contributed by atoms with Crippen LogP contribution in [0.4, 0.5) is 13.2 Å². The van der Waals surface area contributed by atoms with Gasteiger partial charge in [0.15, 0.2) is 5.69 Å². The second-order valence-electron chi connectivity index (χ2n) is 6.31.